The van der Waals surface area contributed by atoms with Crippen LogP contribution in [0.2, 0.25) is 0 Å². The van der Waals surface area contributed by atoms with Crippen LogP contribution in [0.15, 0.2) is 570 Å². The van der Waals surface area contributed by atoms with E-state index in [0.717, 1.165) is 34.1 Å². The maximum atomic E-state index is 2.45. The molecule has 0 aliphatic heterocycles. The van der Waals surface area contributed by atoms with E-state index in [1.807, 2.05) is 0 Å². The fraction of sp³-hybridized carbons (Fsp3) is 0.0556. The van der Waals surface area contributed by atoms with E-state index in [4.69, 9.17) is 0 Å². The van der Waals surface area contributed by atoms with Gasteiger partial charge in [-0.1, -0.05) is 473 Å². The molecule has 3 atom stereocenters. The van der Waals surface area contributed by atoms with Gasteiger partial charge in [0.05, 0.1) is 17.1 Å². The van der Waals surface area contributed by atoms with E-state index in [9.17, 15) is 0 Å². The molecule has 147 heavy (non-hydrogen) atoms. The molecule has 0 fully saturated rings. The predicted octanol–water partition coefficient (Wildman–Crippen LogP) is 38.9. The molecule has 0 spiro atoms. The largest absolute Gasteiger partial charge is 0.310 e. The van der Waals surface area contributed by atoms with Crippen molar-refractivity contribution in [1.29, 1.82) is 0 Å². The number of aryl methyl sites for hydroxylation is 2. The van der Waals surface area contributed by atoms with E-state index < -0.39 is 0 Å². The van der Waals surface area contributed by atoms with Crippen LogP contribution in [0.4, 0.5) is 51.2 Å². The fourth-order valence-corrected chi connectivity index (χ4v) is 23.5. The number of nitrogens with zero attached hydrogens (tertiary/aromatic N) is 3. The number of rotatable bonds is 19. The number of benzene rings is 23. The van der Waals surface area contributed by atoms with Crippen molar-refractivity contribution in [1.82, 2.24) is 0 Å². The molecule has 0 heterocycles. The summed E-state index contributed by atoms with van der Waals surface area (Å²) >= 11 is 0. The summed E-state index contributed by atoms with van der Waals surface area (Å²) in [7, 11) is 0. The summed E-state index contributed by atoms with van der Waals surface area (Å²) in [4.78, 5) is 7.34. The fourth-order valence-electron chi connectivity index (χ4n) is 23.5. The second-order valence-corrected chi connectivity index (χ2v) is 39.3. The molecule has 0 radical (unpaired) electrons. The van der Waals surface area contributed by atoms with Gasteiger partial charge >= 0.3 is 0 Å². The minimum absolute atomic E-state index is 0.267. The molecule has 700 valence electrons. The predicted molar refractivity (Wildman–Crippen MR) is 621 cm³/mol. The highest BCUT2D eigenvalue weighted by atomic mass is 15.2. The van der Waals surface area contributed by atoms with Gasteiger partial charge in [-0.05, 0) is 298 Å². The molecular weight excluding hydrogens is 1770 g/mol. The Morgan fingerprint density at radius 2 is 0.374 bits per heavy atom. The second-order valence-electron chi connectivity index (χ2n) is 39.3. The molecule has 3 nitrogen and oxygen atoms in total. The summed E-state index contributed by atoms with van der Waals surface area (Å²) in [6.45, 7) is 11.6. The standard InChI is InChI=1S/C50H37N.C48H35N.C46H37N/c1-50(40-20-9-4-10-21-40)46-25-14-13-24-45(46)49-47(50)26-15-27-48(49)51(41-32-28-37(29-33-41)36-16-5-2-6-17-36)42-34-30-39(31-35-42)44-23-12-11-22-43(44)38-18-7-3-8-19-38;1-48(40-18-9-4-10-19-40)44-21-12-11-20-43(44)47-45(48)22-13-23-46(47)49(41-29-26-36(27-30-41)34-14-5-2-6-15-34)42-31-28-38-32-37(24-25-39(38)33-42)35-16-7-3-8-17-35;1-32-15-10-11-20-39(32)40-30-29-38(31-33(40)2)47(37-27-25-35(26-28-37)34-16-6-4-7-17-34)44-24-14-23-43-45(44)41-21-12-13-22-42(41)46(43,3)36-18-8-5-9-19-36/h2-35H,1H3;2-33H,1H3;4-31H,1-3H3. The van der Waals surface area contributed by atoms with Crippen molar-refractivity contribution >= 4 is 62.0 Å². The Labute approximate surface area is 864 Å². The molecule has 0 amide bonds. The van der Waals surface area contributed by atoms with Crippen molar-refractivity contribution in [2.75, 3.05) is 14.7 Å². The van der Waals surface area contributed by atoms with Gasteiger partial charge in [0.1, 0.15) is 0 Å². The lowest BCUT2D eigenvalue weighted by Gasteiger charge is -2.31. The molecule has 0 aromatic heterocycles. The van der Waals surface area contributed by atoms with Crippen LogP contribution in [0.1, 0.15) is 82.0 Å². The van der Waals surface area contributed by atoms with Crippen LogP contribution < -0.4 is 14.7 Å². The molecule has 3 aliphatic rings. The summed E-state index contributed by atoms with van der Waals surface area (Å²) in [5.74, 6) is 0. The first-order chi connectivity index (χ1) is 72.4. The van der Waals surface area contributed by atoms with Gasteiger partial charge in [0, 0.05) is 67.1 Å². The maximum absolute atomic E-state index is 2.45. The normalized spacial score (nSPS) is 14.6. The smallest absolute Gasteiger partial charge is 0.0543 e. The maximum Gasteiger partial charge on any atom is 0.0543 e. The average molecular weight is 1880 g/mol. The third kappa shape index (κ3) is 16.7. The van der Waals surface area contributed by atoms with Crippen molar-refractivity contribution in [2.24, 2.45) is 0 Å². The van der Waals surface area contributed by atoms with Crippen molar-refractivity contribution in [2.45, 2.75) is 50.9 Å². The van der Waals surface area contributed by atoms with Crippen LogP contribution in [0.5, 0.6) is 0 Å². The summed E-state index contributed by atoms with van der Waals surface area (Å²) in [5.41, 5.74) is 48.8. The van der Waals surface area contributed by atoms with E-state index in [1.54, 1.807) is 0 Å². The molecular formula is C144H109N3. The van der Waals surface area contributed by atoms with Gasteiger partial charge in [0.25, 0.3) is 0 Å². The van der Waals surface area contributed by atoms with E-state index in [1.165, 1.54) is 200 Å². The second kappa shape index (κ2) is 39.2. The van der Waals surface area contributed by atoms with Crippen molar-refractivity contribution in [3.05, 3.63) is 631 Å². The first-order valence-electron chi connectivity index (χ1n) is 51.2. The van der Waals surface area contributed by atoms with Gasteiger partial charge in [-0.15, -0.1) is 0 Å². The van der Waals surface area contributed by atoms with E-state index in [-0.39, 0.29) is 16.2 Å². The van der Waals surface area contributed by atoms with Gasteiger partial charge in [0.15, 0.2) is 0 Å². The number of hydrogen-bond acceptors (Lipinski definition) is 3. The molecule has 23 aromatic rings. The SMILES string of the molecule is CC1(c2ccccc2)c2ccccc2-c2c(N(c3ccc(-c4ccccc4)cc3)c3ccc(-c4ccccc4-c4ccccc4)cc3)cccc21.CC1(c2ccccc2)c2ccccc2-c2c(N(c3ccc(-c4ccccc4)cc3)c3ccc4cc(-c5ccccc5)ccc4c3)cccc21.Cc1ccccc1-c1ccc(N(c2ccc(-c3ccccc3)cc2)c2cccc3c2-c2ccccc2C3(C)c2ccccc2)cc1C. The van der Waals surface area contributed by atoms with Crippen molar-refractivity contribution in [3.8, 4) is 111 Å². The van der Waals surface area contributed by atoms with Crippen molar-refractivity contribution < 1.29 is 0 Å². The van der Waals surface area contributed by atoms with Gasteiger partial charge in [-0.3, -0.25) is 0 Å². The third-order valence-electron chi connectivity index (χ3n) is 31.0. The van der Waals surface area contributed by atoms with E-state index in [0.29, 0.717) is 0 Å². The Morgan fingerprint density at radius 3 is 0.728 bits per heavy atom. The zero-order valence-electron chi connectivity index (χ0n) is 83.1. The monoisotopic (exact) mass is 1880 g/mol. The van der Waals surface area contributed by atoms with Crippen molar-refractivity contribution in [3.63, 3.8) is 0 Å². The summed E-state index contributed by atoms with van der Waals surface area (Å²) in [5, 5.41) is 2.44. The first-order valence-corrected chi connectivity index (χ1v) is 51.2. The molecule has 3 aliphatic carbocycles. The minimum atomic E-state index is -0.281. The van der Waals surface area contributed by atoms with Crippen LogP contribution in [-0.4, -0.2) is 0 Å². The quantitative estimate of drug-likeness (QED) is 0.0799. The van der Waals surface area contributed by atoms with Gasteiger partial charge < -0.3 is 14.7 Å². The highest BCUT2D eigenvalue weighted by molar-refractivity contribution is 6.02. The molecule has 0 saturated carbocycles. The van der Waals surface area contributed by atoms with Crippen LogP contribution in [0.3, 0.4) is 0 Å². The Hall–Kier alpha value is -18.3. The zero-order valence-corrected chi connectivity index (χ0v) is 83.1. The zero-order chi connectivity index (χ0) is 98.9. The number of anilines is 9. The molecule has 26 rings (SSSR count). The van der Waals surface area contributed by atoms with E-state index in [2.05, 4.69) is 620 Å². The number of hydrogen-bond donors (Lipinski definition) is 0. The molecule has 3 unspecified atom stereocenters. The highest BCUT2D eigenvalue weighted by Crippen LogP contribution is 2.62. The first kappa shape index (κ1) is 91.2. The lowest BCUT2D eigenvalue weighted by Crippen LogP contribution is -2.22. The Morgan fingerprint density at radius 1 is 0.143 bits per heavy atom. The van der Waals surface area contributed by atoms with Gasteiger partial charge in [-0.25, -0.2) is 0 Å². The molecule has 3 heteroatoms. The Balaban J connectivity index is 0.000000118. The Bertz CT molecular complexity index is 8720. The number of fused-ring (bicyclic) bond motifs is 10. The summed E-state index contributed by atoms with van der Waals surface area (Å²) < 4.78 is 0. The van der Waals surface area contributed by atoms with E-state index >= 15 is 0 Å². The van der Waals surface area contributed by atoms with Crippen LogP contribution in [0, 0.1) is 13.8 Å². The Kier molecular flexibility index (Phi) is 24.3. The summed E-state index contributed by atoms with van der Waals surface area (Å²) in [6.07, 6.45) is 0. The molecule has 23 aromatic carbocycles. The highest BCUT2D eigenvalue weighted by Gasteiger charge is 2.46. The molecule has 0 saturated heterocycles. The van der Waals surface area contributed by atoms with Crippen LogP contribution in [0.25, 0.3) is 122 Å². The minimum Gasteiger partial charge on any atom is -0.310 e. The average Bonchev–Trinajstić information content (AvgIpc) is 1.56. The summed E-state index contributed by atoms with van der Waals surface area (Å²) in [6, 6.07) is 208. The van der Waals surface area contributed by atoms with Crippen LogP contribution in [-0.2, 0) is 16.2 Å². The third-order valence-corrected chi connectivity index (χ3v) is 31.0. The molecule has 0 N–H and O–H groups in total. The lowest BCUT2D eigenvalue weighted by molar-refractivity contribution is 0.714. The molecule has 0 bridgehead atoms. The lowest BCUT2D eigenvalue weighted by atomic mass is 9.74. The van der Waals surface area contributed by atoms with Gasteiger partial charge in [-0.2, -0.15) is 0 Å². The van der Waals surface area contributed by atoms with Gasteiger partial charge in [0.2, 0.25) is 0 Å². The topological polar surface area (TPSA) is 9.72 Å². The van der Waals surface area contributed by atoms with Crippen LogP contribution >= 0.6 is 0 Å².